The first-order valence-corrected chi connectivity index (χ1v) is 30.0. The molecule has 2 aliphatic heterocycles. The molecule has 2 heterocycles. The third-order valence-electron chi connectivity index (χ3n) is 13.9. The standard InChI is InChI=1S/C62H106O15/c1-3-5-7-9-11-13-15-17-19-21-23-24-25-26-27-29-31-33-35-37-39-41-43-45-54(65)75-50(47-72-53(64)44-42-40-38-36-34-32-30-28-22-20-18-16-14-12-10-8-6-4-2)48-73-61-60(71)58(69)56(67)52(77-61)49-74-62-59(70)57(68)55(66)51(46-63)76-62/h5,7,11,13-14,16-17,19-20,22-24,50-52,55-63,66-71H,3-4,6,8-10,12,15,18,21,25-49H2,1-2H3/b7-5-,13-11-,16-14-,19-17-,22-20-,24-23-. The number of carbonyl (C=O) groups is 2. The molecule has 0 aromatic carbocycles. The first-order chi connectivity index (χ1) is 37.5. The van der Waals surface area contributed by atoms with Gasteiger partial charge in [-0.25, -0.2) is 0 Å². The van der Waals surface area contributed by atoms with Gasteiger partial charge in [-0.3, -0.25) is 9.59 Å². The lowest BCUT2D eigenvalue weighted by Gasteiger charge is -2.42. The van der Waals surface area contributed by atoms with Crippen LogP contribution in [0, 0.1) is 0 Å². The van der Waals surface area contributed by atoms with Crippen LogP contribution in [0.5, 0.6) is 0 Å². The van der Waals surface area contributed by atoms with Gasteiger partial charge in [0.2, 0.25) is 0 Å². The maximum absolute atomic E-state index is 13.1. The fraction of sp³-hybridized carbons (Fsp3) is 0.774. The molecule has 2 rings (SSSR count). The number of hydrogen-bond donors (Lipinski definition) is 7. The second-order valence-electron chi connectivity index (χ2n) is 20.8. The molecule has 0 aromatic heterocycles. The van der Waals surface area contributed by atoms with Crippen molar-refractivity contribution in [2.45, 2.75) is 280 Å². The number of rotatable bonds is 47. The van der Waals surface area contributed by atoms with E-state index in [0.29, 0.717) is 12.8 Å². The Kier molecular flexibility index (Phi) is 43.4. The van der Waals surface area contributed by atoms with Gasteiger partial charge in [-0.05, 0) is 83.5 Å². The molecule has 15 heteroatoms. The van der Waals surface area contributed by atoms with Gasteiger partial charge in [0.1, 0.15) is 55.4 Å². The Morgan fingerprint density at radius 3 is 1.29 bits per heavy atom. The zero-order valence-electron chi connectivity index (χ0n) is 47.4. The summed E-state index contributed by atoms with van der Waals surface area (Å²) < 4.78 is 33.7. The van der Waals surface area contributed by atoms with Gasteiger partial charge in [-0.15, -0.1) is 0 Å². The van der Waals surface area contributed by atoms with E-state index in [9.17, 15) is 45.3 Å². The monoisotopic (exact) mass is 1090 g/mol. The molecule has 0 aromatic rings. The summed E-state index contributed by atoms with van der Waals surface area (Å²) in [6, 6.07) is 0. The van der Waals surface area contributed by atoms with Crippen LogP contribution in [0.15, 0.2) is 72.9 Å². The van der Waals surface area contributed by atoms with Crippen LogP contribution in [0.4, 0.5) is 0 Å². The normalized spacial score (nSPS) is 24.7. The lowest BCUT2D eigenvalue weighted by atomic mass is 9.98. The average molecular weight is 1090 g/mol. The first kappa shape index (κ1) is 70.0. The van der Waals surface area contributed by atoms with Crippen LogP contribution >= 0.6 is 0 Å². The van der Waals surface area contributed by atoms with Crippen LogP contribution in [0.2, 0.25) is 0 Å². The summed E-state index contributed by atoms with van der Waals surface area (Å²) in [6.45, 7) is 2.47. The van der Waals surface area contributed by atoms with E-state index in [1.165, 1.54) is 77.0 Å². The topological polar surface area (TPSA) is 231 Å². The first-order valence-electron chi connectivity index (χ1n) is 30.0. The maximum atomic E-state index is 13.1. The van der Waals surface area contributed by atoms with Crippen molar-refractivity contribution in [2.75, 3.05) is 26.4 Å². The molecule has 2 saturated heterocycles. The smallest absolute Gasteiger partial charge is 0.306 e. The molecule has 0 saturated carbocycles. The summed E-state index contributed by atoms with van der Waals surface area (Å²) in [5.74, 6) is -0.938. The van der Waals surface area contributed by atoms with Gasteiger partial charge < -0.3 is 64.2 Å². The Labute approximate surface area is 463 Å². The molecule has 2 aliphatic rings. The van der Waals surface area contributed by atoms with E-state index in [0.717, 1.165) is 96.3 Å². The number of aliphatic hydroxyl groups is 7. The summed E-state index contributed by atoms with van der Waals surface area (Å²) in [6.07, 6.45) is 42.0. The van der Waals surface area contributed by atoms with E-state index in [1.54, 1.807) is 0 Å². The second-order valence-corrected chi connectivity index (χ2v) is 20.8. The van der Waals surface area contributed by atoms with Crippen LogP contribution in [-0.2, 0) is 38.0 Å². The average Bonchev–Trinajstić information content (AvgIpc) is 3.43. The quantitative estimate of drug-likeness (QED) is 0.0171. The summed E-state index contributed by atoms with van der Waals surface area (Å²) in [4.78, 5) is 25.9. The Morgan fingerprint density at radius 1 is 0.429 bits per heavy atom. The van der Waals surface area contributed by atoms with Gasteiger partial charge in [0.25, 0.3) is 0 Å². The van der Waals surface area contributed by atoms with Crippen molar-refractivity contribution in [2.24, 2.45) is 0 Å². The minimum absolute atomic E-state index is 0.155. The summed E-state index contributed by atoms with van der Waals surface area (Å²) >= 11 is 0. The third-order valence-corrected chi connectivity index (χ3v) is 13.9. The van der Waals surface area contributed by atoms with Crippen molar-refractivity contribution >= 4 is 11.9 Å². The lowest BCUT2D eigenvalue weighted by Crippen LogP contribution is -2.61. The number of allylic oxidation sites excluding steroid dienone is 12. The molecule has 2 fully saturated rings. The fourth-order valence-electron chi connectivity index (χ4n) is 9.06. The number of aliphatic hydroxyl groups excluding tert-OH is 7. The van der Waals surface area contributed by atoms with Crippen molar-refractivity contribution in [3.63, 3.8) is 0 Å². The van der Waals surface area contributed by atoms with Gasteiger partial charge in [-0.1, -0.05) is 189 Å². The minimum Gasteiger partial charge on any atom is -0.462 e. The molecular formula is C62H106O15. The molecule has 77 heavy (non-hydrogen) atoms. The summed E-state index contributed by atoms with van der Waals surface area (Å²) in [5.41, 5.74) is 0. The van der Waals surface area contributed by atoms with Crippen LogP contribution in [0.25, 0.3) is 0 Å². The van der Waals surface area contributed by atoms with E-state index >= 15 is 0 Å². The Morgan fingerprint density at radius 2 is 0.818 bits per heavy atom. The van der Waals surface area contributed by atoms with E-state index in [-0.39, 0.29) is 26.1 Å². The lowest BCUT2D eigenvalue weighted by molar-refractivity contribution is -0.332. The van der Waals surface area contributed by atoms with Crippen molar-refractivity contribution in [3.05, 3.63) is 72.9 Å². The number of hydrogen-bond acceptors (Lipinski definition) is 15. The number of unbranched alkanes of at least 4 members (excludes halogenated alkanes) is 21. The van der Waals surface area contributed by atoms with Crippen molar-refractivity contribution in [3.8, 4) is 0 Å². The second kappa shape index (κ2) is 47.7. The molecule has 0 aliphatic carbocycles. The van der Waals surface area contributed by atoms with Crippen molar-refractivity contribution in [1.82, 2.24) is 0 Å². The maximum Gasteiger partial charge on any atom is 0.306 e. The molecule has 0 spiro atoms. The Balaban J connectivity index is 1.74. The van der Waals surface area contributed by atoms with E-state index in [4.69, 9.17) is 28.4 Å². The van der Waals surface area contributed by atoms with Crippen molar-refractivity contribution < 1.29 is 73.8 Å². The highest BCUT2D eigenvalue weighted by Crippen LogP contribution is 2.27. The number of esters is 2. The van der Waals surface area contributed by atoms with Crippen LogP contribution in [0.1, 0.15) is 213 Å². The van der Waals surface area contributed by atoms with Gasteiger partial charge >= 0.3 is 11.9 Å². The van der Waals surface area contributed by atoms with Gasteiger partial charge in [0.15, 0.2) is 18.7 Å². The molecule has 0 radical (unpaired) electrons. The zero-order valence-corrected chi connectivity index (χ0v) is 47.4. The summed E-state index contributed by atoms with van der Waals surface area (Å²) in [7, 11) is 0. The van der Waals surface area contributed by atoms with E-state index in [1.807, 2.05) is 0 Å². The van der Waals surface area contributed by atoms with Crippen LogP contribution < -0.4 is 0 Å². The predicted octanol–water partition coefficient (Wildman–Crippen LogP) is 10.6. The van der Waals surface area contributed by atoms with Gasteiger partial charge in [-0.2, -0.15) is 0 Å². The third kappa shape index (κ3) is 34.6. The highest BCUT2D eigenvalue weighted by Gasteiger charge is 2.47. The number of ether oxygens (including phenoxy) is 6. The van der Waals surface area contributed by atoms with Crippen LogP contribution in [-0.4, -0.2) is 142 Å². The highest BCUT2D eigenvalue weighted by molar-refractivity contribution is 5.70. The molecule has 15 nitrogen and oxygen atoms in total. The van der Waals surface area contributed by atoms with Gasteiger partial charge in [0.05, 0.1) is 19.8 Å². The number of carbonyl (C=O) groups excluding carboxylic acids is 2. The van der Waals surface area contributed by atoms with E-state index < -0.39 is 92.7 Å². The molecule has 0 amide bonds. The largest absolute Gasteiger partial charge is 0.462 e. The molecule has 444 valence electrons. The molecule has 7 N–H and O–H groups in total. The van der Waals surface area contributed by atoms with Gasteiger partial charge in [0, 0.05) is 12.8 Å². The zero-order chi connectivity index (χ0) is 56.0. The minimum atomic E-state index is -1.77. The molecule has 0 bridgehead atoms. The Hall–Kier alpha value is -3.06. The van der Waals surface area contributed by atoms with E-state index in [2.05, 4.69) is 86.8 Å². The summed E-state index contributed by atoms with van der Waals surface area (Å²) in [5, 5.41) is 72.4. The SMILES string of the molecule is CC/C=C\C/C=C\C/C=C\C/C=C\CCCCCCCCCCCCC(=O)OC(COC(=O)CCCCCCCCC/C=C\C/C=C\CCCCCC)COC1OC(COC2OC(CO)C(O)C(O)C2O)C(O)C(O)C1O. The predicted molar refractivity (Wildman–Crippen MR) is 303 cm³/mol. The van der Waals surface area contributed by atoms with Crippen molar-refractivity contribution in [1.29, 1.82) is 0 Å². The molecule has 11 unspecified atom stereocenters. The molecule has 11 atom stereocenters. The Bertz CT molecular complexity index is 1610. The fourth-order valence-corrected chi connectivity index (χ4v) is 9.06. The highest BCUT2D eigenvalue weighted by atomic mass is 16.7. The van der Waals surface area contributed by atoms with Crippen LogP contribution in [0.3, 0.4) is 0 Å². The molecular weight excluding hydrogens is 985 g/mol.